The number of anilines is 1. The van der Waals surface area contributed by atoms with Crippen LogP contribution in [-0.2, 0) is 6.54 Å². The molecule has 168 valence electrons. The first-order valence-corrected chi connectivity index (χ1v) is 11.1. The summed E-state index contributed by atoms with van der Waals surface area (Å²) in [7, 11) is 0. The Morgan fingerprint density at radius 2 is 1.70 bits per heavy atom. The van der Waals surface area contributed by atoms with Crippen molar-refractivity contribution in [2.24, 2.45) is 0 Å². The second-order valence-electron chi connectivity index (χ2n) is 8.31. The van der Waals surface area contributed by atoms with Gasteiger partial charge in [-0.15, -0.1) is 0 Å². The van der Waals surface area contributed by atoms with E-state index in [-0.39, 0.29) is 5.69 Å². The molecule has 3 heterocycles. The van der Waals surface area contributed by atoms with Gasteiger partial charge in [-0.3, -0.25) is 4.90 Å². The van der Waals surface area contributed by atoms with Gasteiger partial charge in [-0.25, -0.2) is 18.4 Å². The predicted molar refractivity (Wildman–Crippen MR) is 125 cm³/mol. The van der Waals surface area contributed by atoms with Gasteiger partial charge in [0.25, 0.3) is 0 Å². The lowest BCUT2D eigenvalue weighted by Gasteiger charge is -2.35. The van der Waals surface area contributed by atoms with E-state index in [9.17, 15) is 8.78 Å². The summed E-state index contributed by atoms with van der Waals surface area (Å²) in [6.07, 6.45) is 3.68. The van der Waals surface area contributed by atoms with Crippen molar-refractivity contribution >= 4 is 5.82 Å². The van der Waals surface area contributed by atoms with Crippen molar-refractivity contribution in [3.05, 3.63) is 95.8 Å². The number of hydrogen-bond donors (Lipinski definition) is 0. The Bertz CT molecular complexity index is 1250. The van der Waals surface area contributed by atoms with Crippen molar-refractivity contribution < 1.29 is 8.78 Å². The predicted octanol–water partition coefficient (Wildman–Crippen LogP) is 4.84. The van der Waals surface area contributed by atoms with Crippen LogP contribution >= 0.6 is 0 Å². The van der Waals surface area contributed by atoms with Gasteiger partial charge < -0.3 is 4.90 Å². The van der Waals surface area contributed by atoms with Gasteiger partial charge in [-0.2, -0.15) is 5.10 Å². The molecule has 0 unspecified atom stereocenters. The largest absolute Gasteiger partial charge is 0.354 e. The summed E-state index contributed by atoms with van der Waals surface area (Å²) in [6, 6.07) is 17.6. The summed E-state index contributed by atoms with van der Waals surface area (Å²) in [5.41, 5.74) is 4.19. The van der Waals surface area contributed by atoms with Gasteiger partial charge in [0.05, 0.1) is 5.69 Å². The monoisotopic (exact) mass is 445 g/mol. The molecule has 1 aliphatic heterocycles. The van der Waals surface area contributed by atoms with E-state index in [1.54, 1.807) is 0 Å². The normalized spacial score (nSPS) is 14.6. The Balaban J connectivity index is 1.43. The van der Waals surface area contributed by atoms with Crippen molar-refractivity contribution in [2.45, 2.75) is 13.5 Å². The minimum absolute atomic E-state index is 0.234. The Hall–Kier alpha value is -3.58. The molecule has 0 saturated carbocycles. The zero-order valence-electron chi connectivity index (χ0n) is 18.5. The minimum atomic E-state index is -0.635. The molecule has 0 aliphatic carbocycles. The Kier molecular flexibility index (Phi) is 5.88. The van der Waals surface area contributed by atoms with Gasteiger partial charge in [0, 0.05) is 62.3 Å². The van der Waals surface area contributed by atoms with E-state index in [2.05, 4.69) is 14.8 Å². The molecule has 0 N–H and O–H groups in total. The first kappa shape index (κ1) is 21.3. The first-order chi connectivity index (χ1) is 16.1. The molecule has 0 radical (unpaired) electrons. The molecule has 4 aromatic rings. The molecular weight excluding hydrogens is 420 g/mol. The van der Waals surface area contributed by atoms with Gasteiger partial charge in [0.2, 0.25) is 0 Å². The molecule has 2 aromatic heterocycles. The maximum Gasteiger partial charge on any atom is 0.151 e. The van der Waals surface area contributed by atoms with E-state index in [0.717, 1.165) is 60.4 Å². The minimum Gasteiger partial charge on any atom is -0.354 e. The maximum absolute atomic E-state index is 14.5. The van der Waals surface area contributed by atoms with Crippen molar-refractivity contribution in [1.29, 1.82) is 0 Å². The zero-order valence-corrected chi connectivity index (χ0v) is 18.5. The van der Waals surface area contributed by atoms with Crippen LogP contribution in [0, 0.1) is 18.6 Å². The number of halogens is 2. The third-order valence-corrected chi connectivity index (χ3v) is 6.09. The Morgan fingerprint density at radius 3 is 2.42 bits per heavy atom. The van der Waals surface area contributed by atoms with E-state index in [4.69, 9.17) is 5.10 Å². The molecule has 0 amide bonds. The van der Waals surface area contributed by atoms with Gasteiger partial charge in [0.15, 0.2) is 5.82 Å². The molecule has 5 nitrogen and oxygen atoms in total. The molecule has 0 atom stereocenters. The molecule has 1 saturated heterocycles. The number of piperazine rings is 1. The highest BCUT2D eigenvalue weighted by molar-refractivity contribution is 5.67. The van der Waals surface area contributed by atoms with Gasteiger partial charge in [-0.1, -0.05) is 30.3 Å². The molecular formula is C26H25F2N5. The van der Waals surface area contributed by atoms with E-state index in [0.29, 0.717) is 6.54 Å². The van der Waals surface area contributed by atoms with Gasteiger partial charge >= 0.3 is 0 Å². The van der Waals surface area contributed by atoms with Crippen molar-refractivity contribution in [3.8, 4) is 16.9 Å². The summed E-state index contributed by atoms with van der Waals surface area (Å²) >= 11 is 0. The fourth-order valence-electron chi connectivity index (χ4n) is 4.30. The van der Waals surface area contributed by atoms with Crippen LogP contribution < -0.4 is 4.90 Å². The number of aryl methyl sites for hydroxylation is 1. The van der Waals surface area contributed by atoms with Crippen molar-refractivity contribution in [2.75, 3.05) is 31.1 Å². The summed E-state index contributed by atoms with van der Waals surface area (Å²) in [6.45, 7) is 6.29. The molecule has 33 heavy (non-hydrogen) atoms. The van der Waals surface area contributed by atoms with Crippen LogP contribution in [0.4, 0.5) is 14.6 Å². The lowest BCUT2D eigenvalue weighted by molar-refractivity contribution is 0.249. The number of rotatable bonds is 5. The quantitative estimate of drug-likeness (QED) is 0.440. The fraction of sp³-hybridized carbons (Fsp3) is 0.231. The standard InChI is InChI=1S/C26H25F2N5/c1-19-6-2-3-7-22(19)26-20(18-33(30-26)24-10-9-21(27)16-23(24)28)17-31-12-14-32(15-13-31)25-8-4-5-11-29-25/h2-11,16,18H,12-15,17H2,1H3. The average molecular weight is 446 g/mol. The SMILES string of the molecule is Cc1ccccc1-c1nn(-c2ccc(F)cc2F)cc1CN1CCN(c2ccccn2)CC1. The molecule has 2 aromatic carbocycles. The number of aromatic nitrogens is 3. The summed E-state index contributed by atoms with van der Waals surface area (Å²) in [5.74, 6) is -0.241. The fourth-order valence-corrected chi connectivity index (χ4v) is 4.30. The summed E-state index contributed by atoms with van der Waals surface area (Å²) < 4.78 is 29.5. The molecule has 0 spiro atoms. The zero-order chi connectivity index (χ0) is 22.8. The molecule has 7 heteroatoms. The first-order valence-electron chi connectivity index (χ1n) is 11.1. The van der Waals surface area contributed by atoms with E-state index in [1.807, 2.05) is 61.8 Å². The van der Waals surface area contributed by atoms with Crippen LogP contribution in [0.15, 0.2) is 73.1 Å². The third-order valence-electron chi connectivity index (χ3n) is 6.09. The van der Waals surface area contributed by atoms with Crippen molar-refractivity contribution in [1.82, 2.24) is 19.7 Å². The number of benzene rings is 2. The van der Waals surface area contributed by atoms with E-state index < -0.39 is 11.6 Å². The highest BCUT2D eigenvalue weighted by Crippen LogP contribution is 2.28. The van der Waals surface area contributed by atoms with Crippen LogP contribution in [0.25, 0.3) is 16.9 Å². The number of pyridine rings is 1. The smallest absolute Gasteiger partial charge is 0.151 e. The maximum atomic E-state index is 14.5. The second kappa shape index (κ2) is 9.11. The summed E-state index contributed by atoms with van der Waals surface area (Å²) in [5, 5.41) is 4.74. The molecule has 0 bridgehead atoms. The Labute approximate surface area is 191 Å². The number of nitrogens with zero attached hydrogens (tertiary/aromatic N) is 5. The number of hydrogen-bond acceptors (Lipinski definition) is 4. The summed E-state index contributed by atoms with van der Waals surface area (Å²) in [4.78, 5) is 9.12. The van der Waals surface area contributed by atoms with E-state index >= 15 is 0 Å². The molecule has 5 rings (SSSR count). The van der Waals surface area contributed by atoms with E-state index in [1.165, 1.54) is 16.8 Å². The highest BCUT2D eigenvalue weighted by Gasteiger charge is 2.22. The van der Waals surface area contributed by atoms with Gasteiger partial charge in [0.1, 0.15) is 17.3 Å². The van der Waals surface area contributed by atoms with Crippen LogP contribution in [0.1, 0.15) is 11.1 Å². The average Bonchev–Trinajstić information content (AvgIpc) is 3.23. The van der Waals surface area contributed by atoms with Crippen LogP contribution in [0.5, 0.6) is 0 Å². The van der Waals surface area contributed by atoms with Crippen LogP contribution in [-0.4, -0.2) is 45.8 Å². The Morgan fingerprint density at radius 1 is 0.909 bits per heavy atom. The molecule has 1 fully saturated rings. The van der Waals surface area contributed by atoms with Crippen LogP contribution in [0.3, 0.4) is 0 Å². The lowest BCUT2D eigenvalue weighted by atomic mass is 10.0. The highest BCUT2D eigenvalue weighted by atomic mass is 19.1. The lowest BCUT2D eigenvalue weighted by Crippen LogP contribution is -2.46. The molecule has 1 aliphatic rings. The van der Waals surface area contributed by atoms with Crippen molar-refractivity contribution in [3.63, 3.8) is 0 Å². The van der Waals surface area contributed by atoms with Gasteiger partial charge in [-0.05, 0) is 36.8 Å². The second-order valence-corrected chi connectivity index (χ2v) is 8.31. The third kappa shape index (κ3) is 4.50. The topological polar surface area (TPSA) is 37.2 Å². The van der Waals surface area contributed by atoms with Crippen LogP contribution in [0.2, 0.25) is 0 Å².